The summed E-state index contributed by atoms with van der Waals surface area (Å²) < 4.78 is 0. The van der Waals surface area contributed by atoms with Crippen LogP contribution in [-0.4, -0.2) is 37.0 Å². The molecule has 1 N–H and O–H groups in total. The highest BCUT2D eigenvalue weighted by molar-refractivity contribution is 5.79. The van der Waals surface area contributed by atoms with Crippen molar-refractivity contribution in [2.75, 3.05) is 26.2 Å². The molecule has 1 amide bonds. The van der Waals surface area contributed by atoms with Crippen LogP contribution in [0.25, 0.3) is 0 Å². The average Bonchev–Trinajstić information content (AvgIpc) is 2.89. The van der Waals surface area contributed by atoms with Gasteiger partial charge in [-0.25, -0.2) is 0 Å². The van der Waals surface area contributed by atoms with Crippen LogP contribution in [0.2, 0.25) is 0 Å². The molecule has 0 bridgehead atoms. The van der Waals surface area contributed by atoms with Gasteiger partial charge in [0.25, 0.3) is 0 Å². The second-order valence-corrected chi connectivity index (χ2v) is 5.76. The molecule has 0 radical (unpaired) electrons. The third-order valence-corrected chi connectivity index (χ3v) is 4.66. The number of likely N-dealkylation sites (tertiary alicyclic amines) is 1. The molecule has 2 saturated heterocycles. The third kappa shape index (κ3) is 1.86. The van der Waals surface area contributed by atoms with Crippen LogP contribution in [0.3, 0.4) is 0 Å². The topological polar surface area (TPSA) is 32.3 Å². The monoisotopic (exact) mass is 222 g/mol. The van der Waals surface area contributed by atoms with Crippen molar-refractivity contribution in [1.29, 1.82) is 0 Å². The van der Waals surface area contributed by atoms with Crippen LogP contribution in [-0.2, 0) is 4.79 Å². The molecule has 0 unspecified atom stereocenters. The van der Waals surface area contributed by atoms with Crippen LogP contribution in [0.1, 0.15) is 32.1 Å². The molecular weight excluding hydrogens is 200 g/mol. The SMILES string of the molecule is O=C(C1CCCCC1)N1C[C@H]2CNC[C@H]2C1. The van der Waals surface area contributed by atoms with Crippen molar-refractivity contribution in [3.05, 3.63) is 0 Å². The van der Waals surface area contributed by atoms with Gasteiger partial charge in [0.05, 0.1) is 0 Å². The smallest absolute Gasteiger partial charge is 0.225 e. The Morgan fingerprint density at radius 3 is 2.25 bits per heavy atom. The molecule has 3 aliphatic rings. The number of nitrogens with one attached hydrogen (secondary N) is 1. The van der Waals surface area contributed by atoms with Crippen LogP contribution >= 0.6 is 0 Å². The molecule has 16 heavy (non-hydrogen) atoms. The van der Waals surface area contributed by atoms with E-state index < -0.39 is 0 Å². The zero-order valence-electron chi connectivity index (χ0n) is 9.95. The first-order valence-electron chi connectivity index (χ1n) is 6.84. The molecule has 1 aliphatic carbocycles. The van der Waals surface area contributed by atoms with Gasteiger partial charge in [-0.05, 0) is 24.7 Å². The second kappa shape index (κ2) is 4.36. The van der Waals surface area contributed by atoms with Crippen molar-refractivity contribution in [1.82, 2.24) is 10.2 Å². The minimum absolute atomic E-state index is 0.362. The van der Waals surface area contributed by atoms with Crippen molar-refractivity contribution in [3.63, 3.8) is 0 Å². The molecule has 2 atom stereocenters. The Balaban J connectivity index is 1.59. The first-order valence-corrected chi connectivity index (χ1v) is 6.84. The first kappa shape index (κ1) is 10.6. The number of amides is 1. The van der Waals surface area contributed by atoms with Gasteiger partial charge in [-0.2, -0.15) is 0 Å². The summed E-state index contributed by atoms with van der Waals surface area (Å²) in [6, 6.07) is 0. The van der Waals surface area contributed by atoms with Gasteiger partial charge in [0, 0.05) is 32.1 Å². The van der Waals surface area contributed by atoms with E-state index in [1.54, 1.807) is 0 Å². The van der Waals surface area contributed by atoms with E-state index in [9.17, 15) is 4.79 Å². The fourth-order valence-electron chi connectivity index (χ4n) is 3.64. The van der Waals surface area contributed by atoms with E-state index in [1.165, 1.54) is 19.3 Å². The van der Waals surface area contributed by atoms with Crippen molar-refractivity contribution in [3.8, 4) is 0 Å². The average molecular weight is 222 g/mol. The lowest BCUT2D eigenvalue weighted by Gasteiger charge is -2.26. The lowest BCUT2D eigenvalue weighted by atomic mass is 9.88. The summed E-state index contributed by atoms with van der Waals surface area (Å²) in [4.78, 5) is 14.5. The van der Waals surface area contributed by atoms with Gasteiger partial charge in [0.2, 0.25) is 5.91 Å². The van der Waals surface area contributed by atoms with Gasteiger partial charge in [0.1, 0.15) is 0 Å². The lowest BCUT2D eigenvalue weighted by molar-refractivity contribution is -0.135. The lowest BCUT2D eigenvalue weighted by Crippen LogP contribution is -2.37. The maximum Gasteiger partial charge on any atom is 0.225 e. The van der Waals surface area contributed by atoms with Crippen LogP contribution in [0.4, 0.5) is 0 Å². The second-order valence-electron chi connectivity index (χ2n) is 5.76. The highest BCUT2D eigenvalue weighted by Crippen LogP contribution is 2.31. The molecule has 1 saturated carbocycles. The molecule has 90 valence electrons. The van der Waals surface area contributed by atoms with Crippen molar-refractivity contribution >= 4 is 5.91 Å². The molecule has 3 rings (SSSR count). The van der Waals surface area contributed by atoms with E-state index in [4.69, 9.17) is 0 Å². The predicted molar refractivity (Wildman–Crippen MR) is 63.0 cm³/mol. The summed E-state index contributed by atoms with van der Waals surface area (Å²) >= 11 is 0. The summed E-state index contributed by atoms with van der Waals surface area (Å²) in [6.07, 6.45) is 6.14. The Kier molecular flexibility index (Phi) is 2.88. The molecule has 3 fully saturated rings. The van der Waals surface area contributed by atoms with Crippen molar-refractivity contribution in [2.45, 2.75) is 32.1 Å². The van der Waals surface area contributed by atoms with Gasteiger partial charge in [0.15, 0.2) is 0 Å². The standard InChI is InChI=1S/C13H22N2O/c16-13(10-4-2-1-3-5-10)15-8-11-6-14-7-12(11)9-15/h10-12,14H,1-9H2/t11-,12+. The maximum atomic E-state index is 12.3. The predicted octanol–water partition coefficient (Wildman–Crippen LogP) is 1.24. The van der Waals surface area contributed by atoms with Gasteiger partial charge < -0.3 is 10.2 Å². The Morgan fingerprint density at radius 1 is 1.00 bits per heavy atom. The highest BCUT2D eigenvalue weighted by atomic mass is 16.2. The zero-order valence-corrected chi connectivity index (χ0v) is 9.95. The van der Waals surface area contributed by atoms with E-state index in [0.29, 0.717) is 11.8 Å². The van der Waals surface area contributed by atoms with E-state index >= 15 is 0 Å². The van der Waals surface area contributed by atoms with Crippen LogP contribution in [0, 0.1) is 17.8 Å². The fourth-order valence-corrected chi connectivity index (χ4v) is 3.64. The van der Waals surface area contributed by atoms with E-state index in [1.807, 2.05) is 0 Å². The van der Waals surface area contributed by atoms with E-state index in [-0.39, 0.29) is 0 Å². The summed E-state index contributed by atoms with van der Waals surface area (Å²) in [6.45, 7) is 4.29. The van der Waals surface area contributed by atoms with Gasteiger partial charge in [-0.15, -0.1) is 0 Å². The van der Waals surface area contributed by atoms with Crippen molar-refractivity contribution in [2.24, 2.45) is 17.8 Å². The zero-order chi connectivity index (χ0) is 11.0. The number of fused-ring (bicyclic) bond motifs is 1. The molecule has 0 aromatic heterocycles. The number of hydrogen-bond donors (Lipinski definition) is 1. The van der Waals surface area contributed by atoms with Crippen LogP contribution in [0.15, 0.2) is 0 Å². The molecule has 3 nitrogen and oxygen atoms in total. The summed E-state index contributed by atoms with van der Waals surface area (Å²) in [5, 5.41) is 3.43. The number of nitrogens with zero attached hydrogens (tertiary/aromatic N) is 1. The van der Waals surface area contributed by atoms with Gasteiger partial charge in [-0.3, -0.25) is 4.79 Å². The number of carbonyl (C=O) groups excluding carboxylic acids is 1. The number of rotatable bonds is 1. The quantitative estimate of drug-likeness (QED) is 0.724. The summed E-state index contributed by atoms with van der Waals surface area (Å²) in [5.74, 6) is 2.31. The number of hydrogen-bond acceptors (Lipinski definition) is 2. The van der Waals surface area contributed by atoms with Crippen LogP contribution in [0.5, 0.6) is 0 Å². The fraction of sp³-hybridized carbons (Fsp3) is 0.923. The molecule has 0 spiro atoms. The Hall–Kier alpha value is -0.570. The van der Waals surface area contributed by atoms with Crippen molar-refractivity contribution < 1.29 is 4.79 Å². The molecule has 0 aromatic carbocycles. The third-order valence-electron chi connectivity index (χ3n) is 4.66. The minimum Gasteiger partial charge on any atom is -0.342 e. The largest absolute Gasteiger partial charge is 0.342 e. The summed E-state index contributed by atoms with van der Waals surface area (Å²) in [7, 11) is 0. The summed E-state index contributed by atoms with van der Waals surface area (Å²) in [5.41, 5.74) is 0. The molecule has 2 aliphatic heterocycles. The Labute approximate surface area is 97.6 Å². The first-order chi connectivity index (χ1) is 7.84. The molecular formula is C13H22N2O. The molecule has 0 aromatic rings. The van der Waals surface area contributed by atoms with Gasteiger partial charge in [-0.1, -0.05) is 19.3 Å². The maximum absolute atomic E-state index is 12.3. The normalized spacial score (nSPS) is 35.4. The van der Waals surface area contributed by atoms with E-state index in [0.717, 1.165) is 50.9 Å². The van der Waals surface area contributed by atoms with E-state index in [2.05, 4.69) is 10.2 Å². The molecule has 3 heteroatoms. The minimum atomic E-state index is 0.362. The Bertz CT molecular complexity index is 261. The molecule has 2 heterocycles. The highest BCUT2D eigenvalue weighted by Gasteiger charge is 2.39. The number of carbonyl (C=O) groups is 1. The Morgan fingerprint density at radius 2 is 1.62 bits per heavy atom. The van der Waals surface area contributed by atoms with Gasteiger partial charge >= 0.3 is 0 Å². The van der Waals surface area contributed by atoms with Crippen LogP contribution < -0.4 is 5.32 Å².